The molecule has 0 heterocycles. The minimum Gasteiger partial charge on any atom is -0.494 e. The van der Waals surface area contributed by atoms with Gasteiger partial charge in [-0.15, -0.1) is 0 Å². The first-order chi connectivity index (χ1) is 16.5. The number of ether oxygens (including phenoxy) is 3. The van der Waals surface area contributed by atoms with Crippen LogP contribution >= 0.6 is 0 Å². The molecule has 0 spiro atoms. The number of nitrogens with one attached hydrogen (secondary N) is 1. The van der Waals surface area contributed by atoms with E-state index in [-0.39, 0.29) is 5.57 Å². The molecule has 0 unspecified atom stereocenters. The molecule has 0 aliphatic heterocycles. The van der Waals surface area contributed by atoms with Gasteiger partial charge in [0.2, 0.25) is 0 Å². The average Bonchev–Trinajstić information content (AvgIpc) is 2.82. The molecule has 0 saturated heterocycles. The second-order valence-corrected chi connectivity index (χ2v) is 7.50. The predicted molar refractivity (Wildman–Crippen MR) is 133 cm³/mol. The van der Waals surface area contributed by atoms with Gasteiger partial charge in [-0.3, -0.25) is 4.79 Å². The molecule has 1 N–H and O–H groups in total. The quantitative estimate of drug-likeness (QED) is 0.303. The number of nitrogens with zero attached hydrogens (tertiary/aromatic N) is 1. The van der Waals surface area contributed by atoms with Gasteiger partial charge in [-0.25, -0.2) is 0 Å². The van der Waals surface area contributed by atoms with Crippen molar-refractivity contribution in [3.63, 3.8) is 0 Å². The molecule has 0 atom stereocenters. The summed E-state index contributed by atoms with van der Waals surface area (Å²) < 4.78 is 17.2. The Morgan fingerprint density at radius 2 is 1.74 bits per heavy atom. The molecular formula is C28H28N2O4. The highest BCUT2D eigenvalue weighted by Gasteiger charge is 2.12. The number of anilines is 1. The smallest absolute Gasteiger partial charge is 0.266 e. The van der Waals surface area contributed by atoms with Crippen LogP contribution in [0.25, 0.3) is 6.08 Å². The second kappa shape index (κ2) is 12.1. The molecule has 3 rings (SSSR count). The topological polar surface area (TPSA) is 80.6 Å². The molecule has 0 fully saturated rings. The van der Waals surface area contributed by atoms with Crippen LogP contribution in [0.1, 0.15) is 30.5 Å². The highest BCUT2D eigenvalue weighted by molar-refractivity contribution is 6.09. The maximum Gasteiger partial charge on any atom is 0.266 e. The van der Waals surface area contributed by atoms with E-state index in [4.69, 9.17) is 14.2 Å². The SMILES string of the molecule is CCOc1cccc(NC(=O)/C(C#N)=C\c2ccc(OCc3cccc(C)c3)c(OCC)c2)c1. The molecule has 6 heteroatoms. The molecule has 3 aromatic carbocycles. The summed E-state index contributed by atoms with van der Waals surface area (Å²) in [5.74, 6) is 1.28. The predicted octanol–water partition coefficient (Wildman–Crippen LogP) is 5.92. The van der Waals surface area contributed by atoms with Gasteiger partial charge in [0.25, 0.3) is 5.91 Å². The number of hydrogen-bond acceptors (Lipinski definition) is 5. The molecule has 0 saturated carbocycles. The van der Waals surface area contributed by atoms with Crippen molar-refractivity contribution >= 4 is 17.7 Å². The number of benzene rings is 3. The fourth-order valence-electron chi connectivity index (χ4n) is 3.31. The Balaban J connectivity index is 1.76. The zero-order valence-electron chi connectivity index (χ0n) is 19.6. The van der Waals surface area contributed by atoms with Crippen molar-refractivity contribution in [1.29, 1.82) is 5.26 Å². The highest BCUT2D eigenvalue weighted by atomic mass is 16.5. The summed E-state index contributed by atoms with van der Waals surface area (Å²) in [7, 11) is 0. The van der Waals surface area contributed by atoms with E-state index in [0.717, 1.165) is 5.56 Å². The maximum atomic E-state index is 12.7. The molecule has 174 valence electrons. The third-order valence-corrected chi connectivity index (χ3v) is 4.82. The highest BCUT2D eigenvalue weighted by Crippen LogP contribution is 2.30. The van der Waals surface area contributed by atoms with E-state index in [1.165, 1.54) is 11.6 Å². The van der Waals surface area contributed by atoms with Crippen LogP contribution in [-0.4, -0.2) is 19.1 Å². The largest absolute Gasteiger partial charge is 0.494 e. The van der Waals surface area contributed by atoms with Gasteiger partial charge in [0.05, 0.1) is 13.2 Å². The van der Waals surface area contributed by atoms with E-state index in [1.807, 2.05) is 45.0 Å². The average molecular weight is 457 g/mol. The fraction of sp³-hybridized carbons (Fsp3) is 0.214. The van der Waals surface area contributed by atoms with Crippen molar-refractivity contribution in [1.82, 2.24) is 0 Å². The number of aryl methyl sites for hydroxylation is 1. The summed E-state index contributed by atoms with van der Waals surface area (Å²) in [6, 6.07) is 22.4. The summed E-state index contributed by atoms with van der Waals surface area (Å²) in [4.78, 5) is 12.7. The molecule has 0 aromatic heterocycles. The third kappa shape index (κ3) is 6.88. The van der Waals surface area contributed by atoms with Crippen molar-refractivity contribution in [2.45, 2.75) is 27.4 Å². The van der Waals surface area contributed by atoms with Crippen LogP contribution in [0, 0.1) is 18.3 Å². The van der Waals surface area contributed by atoms with E-state index < -0.39 is 5.91 Å². The fourth-order valence-corrected chi connectivity index (χ4v) is 3.31. The second-order valence-electron chi connectivity index (χ2n) is 7.50. The van der Waals surface area contributed by atoms with Crippen molar-refractivity contribution in [3.05, 3.63) is 89.0 Å². The van der Waals surface area contributed by atoms with E-state index in [0.29, 0.717) is 48.3 Å². The van der Waals surface area contributed by atoms with E-state index in [9.17, 15) is 10.1 Å². The lowest BCUT2D eigenvalue weighted by Crippen LogP contribution is -2.13. The number of carbonyl (C=O) groups excluding carboxylic acids is 1. The third-order valence-electron chi connectivity index (χ3n) is 4.82. The number of hydrogen-bond donors (Lipinski definition) is 1. The van der Waals surface area contributed by atoms with E-state index in [1.54, 1.807) is 42.5 Å². The zero-order valence-corrected chi connectivity index (χ0v) is 19.6. The summed E-state index contributed by atoms with van der Waals surface area (Å²) in [5.41, 5.74) is 3.40. The number of rotatable bonds is 10. The van der Waals surface area contributed by atoms with Crippen molar-refractivity contribution in [2.24, 2.45) is 0 Å². The van der Waals surface area contributed by atoms with Gasteiger partial charge < -0.3 is 19.5 Å². The van der Waals surface area contributed by atoms with E-state index in [2.05, 4.69) is 11.4 Å². The Morgan fingerprint density at radius 1 is 0.941 bits per heavy atom. The first-order valence-electron chi connectivity index (χ1n) is 11.1. The standard InChI is InChI=1S/C28H28N2O4/c1-4-32-25-11-7-10-24(17-25)30-28(31)23(18-29)15-21-12-13-26(27(16-21)33-5-2)34-19-22-9-6-8-20(3)14-22/h6-17H,4-5,19H2,1-3H3,(H,30,31)/b23-15-. The van der Waals surface area contributed by atoms with Crippen LogP contribution in [0.4, 0.5) is 5.69 Å². The summed E-state index contributed by atoms with van der Waals surface area (Å²) in [5, 5.41) is 12.3. The van der Waals surface area contributed by atoms with Crippen molar-refractivity contribution in [2.75, 3.05) is 18.5 Å². The van der Waals surface area contributed by atoms with Gasteiger partial charge in [0, 0.05) is 11.8 Å². The normalized spacial score (nSPS) is 10.8. The molecule has 1 amide bonds. The first kappa shape index (κ1) is 24.4. The molecule has 0 bridgehead atoms. The number of nitriles is 1. The number of carbonyl (C=O) groups is 1. The lowest BCUT2D eigenvalue weighted by atomic mass is 10.1. The molecular weight excluding hydrogens is 428 g/mol. The molecule has 0 aliphatic rings. The summed E-state index contributed by atoms with van der Waals surface area (Å²) in [6.45, 7) is 7.19. The maximum absolute atomic E-state index is 12.7. The Morgan fingerprint density at radius 3 is 2.47 bits per heavy atom. The Hall–Kier alpha value is -4.24. The monoisotopic (exact) mass is 456 g/mol. The zero-order chi connectivity index (χ0) is 24.3. The lowest BCUT2D eigenvalue weighted by Gasteiger charge is -2.13. The van der Waals surface area contributed by atoms with Crippen LogP contribution in [0.3, 0.4) is 0 Å². The molecule has 3 aromatic rings. The van der Waals surface area contributed by atoms with Gasteiger partial charge >= 0.3 is 0 Å². The lowest BCUT2D eigenvalue weighted by molar-refractivity contribution is -0.112. The number of amides is 1. The first-order valence-corrected chi connectivity index (χ1v) is 11.1. The van der Waals surface area contributed by atoms with E-state index >= 15 is 0 Å². The van der Waals surface area contributed by atoms with Gasteiger partial charge in [-0.2, -0.15) is 5.26 Å². The van der Waals surface area contributed by atoms with Gasteiger partial charge in [0.1, 0.15) is 24.0 Å². The minimum absolute atomic E-state index is 0.0299. The van der Waals surface area contributed by atoms with Crippen LogP contribution in [0.5, 0.6) is 17.2 Å². The molecule has 6 nitrogen and oxygen atoms in total. The minimum atomic E-state index is -0.506. The summed E-state index contributed by atoms with van der Waals surface area (Å²) in [6.07, 6.45) is 1.52. The molecule has 0 radical (unpaired) electrons. The van der Waals surface area contributed by atoms with Gasteiger partial charge in [-0.1, -0.05) is 42.0 Å². The molecule has 0 aliphatic carbocycles. The van der Waals surface area contributed by atoms with Crippen LogP contribution < -0.4 is 19.5 Å². The molecule has 34 heavy (non-hydrogen) atoms. The van der Waals surface area contributed by atoms with Gasteiger partial charge in [0.15, 0.2) is 11.5 Å². The Labute approximate surface area is 200 Å². The van der Waals surface area contributed by atoms with Crippen LogP contribution in [-0.2, 0) is 11.4 Å². The van der Waals surface area contributed by atoms with Crippen molar-refractivity contribution in [3.8, 4) is 23.3 Å². The summed E-state index contributed by atoms with van der Waals surface area (Å²) >= 11 is 0. The Kier molecular flexibility index (Phi) is 8.70. The Bertz CT molecular complexity index is 1210. The van der Waals surface area contributed by atoms with Crippen LogP contribution in [0.15, 0.2) is 72.3 Å². The van der Waals surface area contributed by atoms with Crippen molar-refractivity contribution < 1.29 is 19.0 Å². The van der Waals surface area contributed by atoms with Crippen LogP contribution in [0.2, 0.25) is 0 Å². The van der Waals surface area contributed by atoms with Gasteiger partial charge in [-0.05, 0) is 62.2 Å².